The van der Waals surface area contributed by atoms with Crippen LogP contribution in [0.15, 0.2) is 48.5 Å². The van der Waals surface area contributed by atoms with E-state index in [0.29, 0.717) is 6.54 Å². The van der Waals surface area contributed by atoms with Crippen molar-refractivity contribution in [3.63, 3.8) is 0 Å². The summed E-state index contributed by atoms with van der Waals surface area (Å²) < 4.78 is 0. The Morgan fingerprint density at radius 3 is 2.67 bits per heavy atom. The van der Waals surface area contributed by atoms with Gasteiger partial charge >= 0.3 is 0 Å². The van der Waals surface area contributed by atoms with Crippen molar-refractivity contribution in [3.8, 4) is 0 Å². The van der Waals surface area contributed by atoms with Crippen molar-refractivity contribution in [3.05, 3.63) is 59.7 Å². The molecule has 0 fully saturated rings. The van der Waals surface area contributed by atoms with Gasteiger partial charge < -0.3 is 15.3 Å². The minimum absolute atomic E-state index is 0.0742. The van der Waals surface area contributed by atoms with Crippen LogP contribution in [0, 0.1) is 0 Å². The largest absolute Gasteiger partial charge is 0.395 e. The molecule has 0 saturated carbocycles. The van der Waals surface area contributed by atoms with Crippen molar-refractivity contribution in [2.24, 2.45) is 0 Å². The highest BCUT2D eigenvalue weighted by molar-refractivity contribution is 5.90. The highest BCUT2D eigenvalue weighted by atomic mass is 16.3. The molecule has 0 atom stereocenters. The van der Waals surface area contributed by atoms with Gasteiger partial charge in [-0.3, -0.25) is 0 Å². The highest BCUT2D eigenvalue weighted by Crippen LogP contribution is 2.26. The molecule has 2 aromatic carbocycles. The van der Waals surface area contributed by atoms with E-state index < -0.39 is 0 Å². The van der Waals surface area contributed by atoms with Crippen LogP contribution in [0.1, 0.15) is 11.1 Å². The second kappa shape index (κ2) is 6.45. The molecule has 5 heteroatoms. The molecule has 0 bridgehead atoms. The highest BCUT2D eigenvalue weighted by Gasteiger charge is 2.19. The molecule has 0 unspecified atom stereocenters. The molecule has 24 heavy (non-hydrogen) atoms. The zero-order chi connectivity index (χ0) is 16.4. The lowest BCUT2D eigenvalue weighted by Gasteiger charge is -2.29. The zero-order valence-electron chi connectivity index (χ0n) is 13.4. The van der Waals surface area contributed by atoms with E-state index in [2.05, 4.69) is 34.5 Å². The van der Waals surface area contributed by atoms with Gasteiger partial charge in [0.05, 0.1) is 12.1 Å². The third-order valence-electron chi connectivity index (χ3n) is 4.41. The van der Waals surface area contributed by atoms with Gasteiger partial charge in [0, 0.05) is 25.0 Å². The fourth-order valence-electron chi connectivity index (χ4n) is 3.18. The van der Waals surface area contributed by atoms with Crippen LogP contribution in [-0.4, -0.2) is 34.8 Å². The molecule has 1 aliphatic heterocycles. The van der Waals surface area contributed by atoms with E-state index in [1.165, 1.54) is 11.1 Å². The summed E-state index contributed by atoms with van der Waals surface area (Å²) in [7, 11) is 0. The van der Waals surface area contributed by atoms with Gasteiger partial charge in [0.15, 0.2) is 0 Å². The second-order valence-corrected chi connectivity index (χ2v) is 5.98. The Kier molecular flexibility index (Phi) is 4.01. The van der Waals surface area contributed by atoms with E-state index in [-0.39, 0.29) is 6.61 Å². The lowest BCUT2D eigenvalue weighted by atomic mass is 10.0. The van der Waals surface area contributed by atoms with E-state index in [4.69, 9.17) is 15.1 Å². The number of aliphatic hydroxyl groups excluding tert-OH is 1. The van der Waals surface area contributed by atoms with Crippen molar-refractivity contribution >= 4 is 22.7 Å². The number of para-hydroxylation sites is 1. The Labute approximate surface area is 141 Å². The maximum atomic E-state index is 9.11. The van der Waals surface area contributed by atoms with Crippen LogP contribution in [-0.2, 0) is 13.0 Å². The Balaban J connectivity index is 1.72. The zero-order valence-corrected chi connectivity index (χ0v) is 13.4. The summed E-state index contributed by atoms with van der Waals surface area (Å²) in [5.74, 6) is 1.52. The van der Waals surface area contributed by atoms with E-state index in [1.807, 2.05) is 24.3 Å². The molecule has 2 N–H and O–H groups in total. The number of anilines is 2. The molecule has 1 aromatic heterocycles. The van der Waals surface area contributed by atoms with Gasteiger partial charge in [0.25, 0.3) is 0 Å². The van der Waals surface area contributed by atoms with Gasteiger partial charge in [-0.05, 0) is 29.7 Å². The van der Waals surface area contributed by atoms with Crippen LogP contribution in [0.25, 0.3) is 10.9 Å². The molecule has 1 aliphatic rings. The molecular weight excluding hydrogens is 300 g/mol. The van der Waals surface area contributed by atoms with Gasteiger partial charge in [0.1, 0.15) is 5.82 Å². The van der Waals surface area contributed by atoms with Crippen molar-refractivity contribution in [1.29, 1.82) is 0 Å². The van der Waals surface area contributed by atoms with Crippen LogP contribution in [0.2, 0.25) is 0 Å². The number of hydrogen-bond donors (Lipinski definition) is 2. The Morgan fingerprint density at radius 1 is 1.00 bits per heavy atom. The topological polar surface area (TPSA) is 61.3 Å². The number of aromatic nitrogens is 2. The summed E-state index contributed by atoms with van der Waals surface area (Å²) in [4.78, 5) is 11.7. The van der Waals surface area contributed by atoms with E-state index in [0.717, 1.165) is 42.2 Å². The van der Waals surface area contributed by atoms with Crippen LogP contribution >= 0.6 is 0 Å². The van der Waals surface area contributed by atoms with Crippen molar-refractivity contribution < 1.29 is 5.11 Å². The number of nitrogens with zero attached hydrogens (tertiary/aromatic N) is 3. The number of aliphatic hydroxyl groups is 1. The molecule has 0 amide bonds. The molecule has 0 saturated heterocycles. The first-order valence-corrected chi connectivity index (χ1v) is 8.28. The second-order valence-electron chi connectivity index (χ2n) is 5.98. The molecule has 5 nitrogen and oxygen atoms in total. The summed E-state index contributed by atoms with van der Waals surface area (Å²) in [6.45, 7) is 2.29. The molecule has 0 aliphatic carbocycles. The van der Waals surface area contributed by atoms with E-state index in [1.54, 1.807) is 0 Å². The molecule has 4 rings (SSSR count). The predicted molar refractivity (Wildman–Crippen MR) is 96.3 cm³/mol. The fourth-order valence-corrected chi connectivity index (χ4v) is 3.18. The predicted octanol–water partition coefficient (Wildman–Crippen LogP) is 2.60. The van der Waals surface area contributed by atoms with Crippen molar-refractivity contribution in [1.82, 2.24) is 9.97 Å². The van der Waals surface area contributed by atoms with Crippen LogP contribution in [0.4, 0.5) is 11.8 Å². The molecule has 122 valence electrons. The third-order valence-corrected chi connectivity index (χ3v) is 4.41. The molecule has 0 spiro atoms. The lowest BCUT2D eigenvalue weighted by molar-refractivity contribution is 0.311. The summed E-state index contributed by atoms with van der Waals surface area (Å²) in [6, 6.07) is 16.5. The quantitative estimate of drug-likeness (QED) is 0.774. The summed E-state index contributed by atoms with van der Waals surface area (Å²) >= 11 is 0. The molecular formula is C19H20N4O. The number of nitrogens with one attached hydrogen (secondary N) is 1. The van der Waals surface area contributed by atoms with E-state index >= 15 is 0 Å². The maximum Gasteiger partial charge on any atom is 0.228 e. The molecule has 2 heterocycles. The number of hydrogen-bond acceptors (Lipinski definition) is 5. The van der Waals surface area contributed by atoms with Gasteiger partial charge in [-0.25, -0.2) is 4.98 Å². The van der Waals surface area contributed by atoms with E-state index in [9.17, 15) is 0 Å². The van der Waals surface area contributed by atoms with Gasteiger partial charge in [-0.1, -0.05) is 36.4 Å². The molecule has 3 aromatic rings. The minimum atomic E-state index is 0.0742. The first-order chi connectivity index (χ1) is 11.8. The Bertz CT molecular complexity index is 865. The monoisotopic (exact) mass is 320 g/mol. The van der Waals surface area contributed by atoms with Gasteiger partial charge in [0.2, 0.25) is 5.95 Å². The first kappa shape index (κ1) is 14.9. The van der Waals surface area contributed by atoms with Crippen LogP contribution in [0.3, 0.4) is 0 Å². The van der Waals surface area contributed by atoms with Gasteiger partial charge in [-0.2, -0.15) is 4.98 Å². The summed E-state index contributed by atoms with van der Waals surface area (Å²) in [5.41, 5.74) is 3.67. The normalized spacial score (nSPS) is 13.8. The maximum absolute atomic E-state index is 9.11. The smallest absolute Gasteiger partial charge is 0.228 e. The Hall–Kier alpha value is -2.66. The average molecular weight is 320 g/mol. The van der Waals surface area contributed by atoms with Crippen molar-refractivity contribution in [2.45, 2.75) is 13.0 Å². The SMILES string of the molecule is OCCNc1nc(N2CCc3ccccc3C2)nc2ccccc12. The third kappa shape index (κ3) is 2.78. The fraction of sp³-hybridized carbons (Fsp3) is 0.263. The minimum Gasteiger partial charge on any atom is -0.395 e. The number of fused-ring (bicyclic) bond motifs is 2. The summed E-state index contributed by atoms with van der Waals surface area (Å²) in [6.07, 6.45) is 1.01. The average Bonchev–Trinajstić information content (AvgIpc) is 2.65. The number of benzene rings is 2. The number of rotatable bonds is 4. The molecule has 0 radical (unpaired) electrons. The standard InChI is InChI=1S/C19H20N4O/c24-12-10-20-18-16-7-3-4-8-17(16)21-19(22-18)23-11-9-14-5-1-2-6-15(14)13-23/h1-8,24H,9-13H2,(H,20,21,22). The van der Waals surface area contributed by atoms with Crippen molar-refractivity contribution in [2.75, 3.05) is 29.9 Å². The Morgan fingerprint density at radius 2 is 1.79 bits per heavy atom. The summed E-state index contributed by atoms with van der Waals surface area (Å²) in [5, 5.41) is 13.3. The van der Waals surface area contributed by atoms with Crippen LogP contribution < -0.4 is 10.2 Å². The lowest BCUT2D eigenvalue weighted by Crippen LogP contribution is -2.32. The van der Waals surface area contributed by atoms with Gasteiger partial charge in [-0.15, -0.1) is 0 Å². The first-order valence-electron chi connectivity index (χ1n) is 8.28. The van der Waals surface area contributed by atoms with Crippen LogP contribution in [0.5, 0.6) is 0 Å².